The van der Waals surface area contributed by atoms with E-state index in [9.17, 15) is 0 Å². The Kier molecular flexibility index (Phi) is 4.30. The zero-order valence-electron chi connectivity index (χ0n) is 11.1. The second-order valence-electron chi connectivity index (χ2n) is 5.81. The number of aromatic nitrogens is 1. The zero-order valence-corrected chi connectivity index (χ0v) is 12.6. The second kappa shape index (κ2) is 5.99. The quantitative estimate of drug-likeness (QED) is 0.745. The van der Waals surface area contributed by atoms with Gasteiger partial charge in [-0.2, -0.15) is 0 Å². The molecular weight excluding hydrogens is 279 g/mol. The molecule has 1 aliphatic heterocycles. The number of nitrogens with zero attached hydrogens (tertiary/aromatic N) is 2. The van der Waals surface area contributed by atoms with Crippen molar-refractivity contribution in [3.05, 3.63) is 28.0 Å². The molecule has 104 valence electrons. The average Bonchev–Trinajstić information content (AvgIpc) is 2.42. The van der Waals surface area contributed by atoms with E-state index in [-0.39, 0.29) is 0 Å². The molecule has 4 heteroatoms. The summed E-state index contributed by atoms with van der Waals surface area (Å²) < 4.78 is 0. The van der Waals surface area contributed by atoms with Gasteiger partial charge in [0.15, 0.2) is 0 Å². The first-order valence-corrected chi connectivity index (χ1v) is 8.04. The van der Waals surface area contributed by atoms with Gasteiger partial charge in [-0.05, 0) is 44.2 Å². The van der Waals surface area contributed by atoms with Crippen molar-refractivity contribution in [3.8, 4) is 0 Å². The smallest absolute Gasteiger partial charge is 0.135 e. The van der Waals surface area contributed by atoms with E-state index in [2.05, 4.69) is 9.88 Å². The second-order valence-corrected chi connectivity index (χ2v) is 6.55. The molecule has 1 saturated carbocycles. The lowest BCUT2D eigenvalue weighted by Crippen LogP contribution is -2.46. The van der Waals surface area contributed by atoms with Crippen molar-refractivity contribution in [1.29, 1.82) is 0 Å². The molecule has 2 nitrogen and oxygen atoms in total. The first-order valence-electron chi connectivity index (χ1n) is 7.29. The minimum Gasteiger partial charge on any atom is -0.296 e. The molecule has 2 atom stereocenters. The molecule has 0 aromatic carbocycles. The van der Waals surface area contributed by atoms with Gasteiger partial charge in [-0.25, -0.2) is 4.98 Å². The molecule has 0 bridgehead atoms. The lowest BCUT2D eigenvalue weighted by atomic mass is 9.78. The van der Waals surface area contributed by atoms with Gasteiger partial charge >= 0.3 is 0 Å². The highest BCUT2D eigenvalue weighted by Gasteiger charge is 2.33. The van der Waals surface area contributed by atoms with Crippen molar-refractivity contribution in [2.45, 2.75) is 51.1 Å². The molecule has 0 unspecified atom stereocenters. The summed E-state index contributed by atoms with van der Waals surface area (Å²) in [6.07, 6.45) is 8.28. The number of fused-ring (bicyclic) bond motifs is 1. The molecule has 2 aliphatic rings. The Morgan fingerprint density at radius 1 is 1.11 bits per heavy atom. The van der Waals surface area contributed by atoms with Crippen molar-refractivity contribution in [1.82, 2.24) is 9.88 Å². The van der Waals surface area contributed by atoms with E-state index in [1.807, 2.05) is 12.1 Å². The Hall–Kier alpha value is -0.310. The highest BCUT2D eigenvalue weighted by molar-refractivity contribution is 6.32. The third kappa shape index (κ3) is 3.07. The minimum atomic E-state index is 0.475. The summed E-state index contributed by atoms with van der Waals surface area (Å²) in [6.45, 7) is 2.12. The standard InChI is InChI=1S/C15H20Cl2N2/c16-14-8-7-12(15(17)18-14)10-19-9-3-5-11-4-1-2-6-13(11)19/h7-8,11,13H,1-6,9-10H2/t11-,13-/m1/s1. The van der Waals surface area contributed by atoms with Crippen LogP contribution in [-0.4, -0.2) is 22.5 Å². The largest absolute Gasteiger partial charge is 0.296 e. The van der Waals surface area contributed by atoms with E-state index in [0.717, 1.165) is 24.1 Å². The molecule has 0 amide bonds. The lowest BCUT2D eigenvalue weighted by Gasteiger charge is -2.44. The molecule has 0 spiro atoms. The monoisotopic (exact) mass is 298 g/mol. The average molecular weight is 299 g/mol. The summed E-state index contributed by atoms with van der Waals surface area (Å²) in [6, 6.07) is 4.61. The van der Waals surface area contributed by atoms with E-state index < -0.39 is 0 Å². The normalized spacial score (nSPS) is 28.1. The van der Waals surface area contributed by atoms with Crippen LogP contribution in [0, 0.1) is 5.92 Å². The van der Waals surface area contributed by atoms with E-state index in [1.54, 1.807) is 0 Å². The predicted octanol–water partition coefficient (Wildman–Crippen LogP) is 4.54. The van der Waals surface area contributed by atoms with Gasteiger partial charge in [0.2, 0.25) is 0 Å². The molecule has 19 heavy (non-hydrogen) atoms. The fraction of sp³-hybridized carbons (Fsp3) is 0.667. The Morgan fingerprint density at radius 3 is 2.74 bits per heavy atom. The predicted molar refractivity (Wildman–Crippen MR) is 79.6 cm³/mol. The van der Waals surface area contributed by atoms with Gasteiger partial charge in [0, 0.05) is 18.2 Å². The van der Waals surface area contributed by atoms with Crippen LogP contribution >= 0.6 is 23.2 Å². The number of hydrogen-bond acceptors (Lipinski definition) is 2. The molecule has 2 fully saturated rings. The Bertz CT molecular complexity index is 448. The van der Waals surface area contributed by atoms with Gasteiger partial charge in [0.25, 0.3) is 0 Å². The van der Waals surface area contributed by atoms with Crippen LogP contribution in [0.5, 0.6) is 0 Å². The van der Waals surface area contributed by atoms with E-state index >= 15 is 0 Å². The molecule has 1 aromatic rings. The van der Waals surface area contributed by atoms with Crippen LogP contribution < -0.4 is 0 Å². The third-order valence-corrected chi connectivity index (χ3v) is 5.16. The summed E-state index contributed by atoms with van der Waals surface area (Å²) in [4.78, 5) is 6.76. The van der Waals surface area contributed by atoms with Gasteiger partial charge in [-0.3, -0.25) is 4.90 Å². The van der Waals surface area contributed by atoms with Gasteiger partial charge in [0.05, 0.1) is 0 Å². The zero-order chi connectivity index (χ0) is 13.2. The Balaban J connectivity index is 1.74. The van der Waals surface area contributed by atoms with E-state index in [0.29, 0.717) is 10.3 Å². The number of likely N-dealkylation sites (tertiary alicyclic amines) is 1. The minimum absolute atomic E-state index is 0.475. The van der Waals surface area contributed by atoms with Crippen LogP contribution in [-0.2, 0) is 6.54 Å². The molecule has 3 rings (SSSR count). The maximum Gasteiger partial charge on any atom is 0.135 e. The van der Waals surface area contributed by atoms with Gasteiger partial charge < -0.3 is 0 Å². The number of hydrogen-bond donors (Lipinski definition) is 0. The Labute approximate surface area is 125 Å². The van der Waals surface area contributed by atoms with E-state index in [1.165, 1.54) is 45.1 Å². The molecule has 0 N–H and O–H groups in total. The molecule has 1 aliphatic carbocycles. The number of rotatable bonds is 2. The number of piperidine rings is 1. The van der Waals surface area contributed by atoms with Crippen molar-refractivity contribution < 1.29 is 0 Å². The van der Waals surface area contributed by atoms with Crippen LogP contribution in [0.25, 0.3) is 0 Å². The summed E-state index contributed by atoms with van der Waals surface area (Å²) in [5, 5.41) is 1.04. The van der Waals surface area contributed by atoms with Crippen molar-refractivity contribution >= 4 is 23.2 Å². The van der Waals surface area contributed by atoms with Crippen LogP contribution in [0.4, 0.5) is 0 Å². The van der Waals surface area contributed by atoms with Crippen LogP contribution in [0.15, 0.2) is 12.1 Å². The molecular formula is C15H20Cl2N2. The van der Waals surface area contributed by atoms with Crippen LogP contribution in [0.2, 0.25) is 10.3 Å². The fourth-order valence-electron chi connectivity index (χ4n) is 3.70. The summed E-state index contributed by atoms with van der Waals surface area (Å²) in [5.41, 5.74) is 1.11. The van der Waals surface area contributed by atoms with E-state index in [4.69, 9.17) is 23.2 Å². The maximum atomic E-state index is 6.20. The van der Waals surface area contributed by atoms with Gasteiger partial charge in [0.1, 0.15) is 10.3 Å². The highest BCUT2D eigenvalue weighted by Crippen LogP contribution is 2.36. The molecule has 1 aromatic heterocycles. The number of halogens is 2. The number of pyridine rings is 1. The topological polar surface area (TPSA) is 16.1 Å². The first kappa shape index (κ1) is 13.7. The Morgan fingerprint density at radius 2 is 1.89 bits per heavy atom. The highest BCUT2D eigenvalue weighted by atomic mass is 35.5. The summed E-state index contributed by atoms with van der Waals surface area (Å²) >= 11 is 12.1. The van der Waals surface area contributed by atoms with Crippen LogP contribution in [0.1, 0.15) is 44.1 Å². The summed E-state index contributed by atoms with van der Waals surface area (Å²) in [7, 11) is 0. The van der Waals surface area contributed by atoms with Gasteiger partial charge in [-0.1, -0.05) is 42.1 Å². The molecule has 1 saturated heterocycles. The van der Waals surface area contributed by atoms with Gasteiger partial charge in [-0.15, -0.1) is 0 Å². The van der Waals surface area contributed by atoms with Crippen molar-refractivity contribution in [3.63, 3.8) is 0 Å². The molecule has 2 heterocycles. The first-order chi connectivity index (χ1) is 9.24. The summed E-state index contributed by atoms with van der Waals surface area (Å²) in [5.74, 6) is 0.904. The maximum absolute atomic E-state index is 6.20. The fourth-order valence-corrected chi connectivity index (χ4v) is 4.11. The third-order valence-electron chi connectivity index (χ3n) is 4.62. The SMILES string of the molecule is Clc1ccc(CN2CCC[C@H]3CCCC[C@H]32)c(Cl)n1. The van der Waals surface area contributed by atoms with Crippen molar-refractivity contribution in [2.75, 3.05) is 6.54 Å². The lowest BCUT2D eigenvalue weighted by molar-refractivity contribution is 0.0546. The van der Waals surface area contributed by atoms with Crippen molar-refractivity contribution in [2.24, 2.45) is 5.92 Å². The van der Waals surface area contributed by atoms with Crippen LogP contribution in [0.3, 0.4) is 0 Å². The molecule has 0 radical (unpaired) electrons.